The third-order valence-electron chi connectivity index (χ3n) is 2.96. The first-order valence-corrected chi connectivity index (χ1v) is 6.22. The van der Waals surface area contributed by atoms with Gasteiger partial charge in [-0.25, -0.2) is 0 Å². The summed E-state index contributed by atoms with van der Waals surface area (Å²) in [6.45, 7) is 2.59. The Kier molecular flexibility index (Phi) is 5.91. The molecule has 1 aromatic carbocycles. The van der Waals surface area contributed by atoms with Crippen molar-refractivity contribution in [3.05, 3.63) is 28.8 Å². The second-order valence-electron chi connectivity index (χ2n) is 4.39. The van der Waals surface area contributed by atoms with Crippen molar-refractivity contribution in [2.45, 2.75) is 25.5 Å². The van der Waals surface area contributed by atoms with Crippen LogP contribution in [0.25, 0.3) is 0 Å². The van der Waals surface area contributed by atoms with Crippen molar-refractivity contribution in [3.63, 3.8) is 0 Å². The van der Waals surface area contributed by atoms with E-state index in [-0.39, 0.29) is 30.5 Å². The summed E-state index contributed by atoms with van der Waals surface area (Å²) in [4.78, 5) is 11.4. The van der Waals surface area contributed by atoms with E-state index in [4.69, 9.17) is 16.3 Å². The average Bonchev–Trinajstić information content (AvgIpc) is 2.80. The van der Waals surface area contributed by atoms with Gasteiger partial charge in [0, 0.05) is 13.0 Å². The quantitative estimate of drug-likeness (QED) is 0.871. The van der Waals surface area contributed by atoms with Gasteiger partial charge >= 0.3 is 5.97 Å². The molecule has 1 aromatic rings. The van der Waals surface area contributed by atoms with E-state index in [0.717, 1.165) is 5.56 Å². The topological polar surface area (TPSA) is 47.6 Å². The lowest BCUT2D eigenvalue weighted by molar-refractivity contribution is -0.142. The Morgan fingerprint density at radius 3 is 2.84 bits per heavy atom. The molecule has 0 unspecified atom stereocenters. The molecule has 2 atom stereocenters. The van der Waals surface area contributed by atoms with Gasteiger partial charge in [-0.3, -0.25) is 4.79 Å². The van der Waals surface area contributed by atoms with Crippen molar-refractivity contribution >= 4 is 30.0 Å². The first-order valence-electron chi connectivity index (χ1n) is 5.84. The molecule has 0 aliphatic carbocycles. The number of methoxy groups -OCH3 is 1. The molecule has 0 saturated carbocycles. The van der Waals surface area contributed by atoms with E-state index in [9.17, 15) is 4.79 Å². The van der Waals surface area contributed by atoms with Crippen LogP contribution in [0.3, 0.4) is 0 Å². The highest BCUT2D eigenvalue weighted by Gasteiger charge is 2.31. The number of carbonyl (C=O) groups is 1. The van der Waals surface area contributed by atoms with Crippen molar-refractivity contribution in [2.75, 3.05) is 13.7 Å². The lowest BCUT2D eigenvalue weighted by atomic mass is 10.2. The molecule has 0 aromatic heterocycles. The highest BCUT2D eigenvalue weighted by molar-refractivity contribution is 6.32. The summed E-state index contributed by atoms with van der Waals surface area (Å²) in [7, 11) is 1.38. The van der Waals surface area contributed by atoms with Gasteiger partial charge in [0.15, 0.2) is 0 Å². The fourth-order valence-electron chi connectivity index (χ4n) is 2.00. The van der Waals surface area contributed by atoms with E-state index < -0.39 is 0 Å². The number of aryl methyl sites for hydroxylation is 1. The van der Waals surface area contributed by atoms with E-state index in [1.807, 2.05) is 25.1 Å². The van der Waals surface area contributed by atoms with Crippen LogP contribution >= 0.6 is 24.0 Å². The number of hydrogen-bond acceptors (Lipinski definition) is 4. The normalized spacial score (nSPS) is 21.6. The number of carbonyl (C=O) groups excluding carboxylic acids is 1. The van der Waals surface area contributed by atoms with Crippen LogP contribution in [-0.2, 0) is 9.53 Å². The molecule has 1 aliphatic heterocycles. The van der Waals surface area contributed by atoms with Crippen molar-refractivity contribution in [1.82, 2.24) is 5.32 Å². The fraction of sp³-hybridized carbons (Fsp3) is 0.462. The molecule has 0 amide bonds. The Hall–Kier alpha value is -0.970. The molecule has 0 spiro atoms. The number of halogens is 2. The monoisotopic (exact) mass is 305 g/mol. The standard InChI is InChI=1S/C13H16ClNO3.ClH/c1-8-3-4-12(10(14)5-8)18-9-6-11(15-7-9)13(16)17-2;/h3-5,9,11,15H,6-7H2,1-2H3;1H/t9-,11-;/m0./s1. The van der Waals surface area contributed by atoms with E-state index >= 15 is 0 Å². The highest BCUT2D eigenvalue weighted by Crippen LogP contribution is 2.27. The zero-order chi connectivity index (χ0) is 13.1. The average molecular weight is 306 g/mol. The molecule has 0 radical (unpaired) electrons. The van der Waals surface area contributed by atoms with Gasteiger partial charge < -0.3 is 14.8 Å². The molecule has 1 N–H and O–H groups in total. The Balaban J connectivity index is 0.00000180. The third-order valence-corrected chi connectivity index (χ3v) is 3.25. The summed E-state index contributed by atoms with van der Waals surface area (Å²) in [6, 6.07) is 5.37. The SMILES string of the molecule is COC(=O)[C@@H]1C[C@H](Oc2ccc(C)cc2Cl)CN1.Cl. The summed E-state index contributed by atoms with van der Waals surface area (Å²) < 4.78 is 10.5. The zero-order valence-electron chi connectivity index (χ0n) is 10.8. The molecule has 0 bridgehead atoms. The van der Waals surface area contributed by atoms with Crippen molar-refractivity contribution in [1.29, 1.82) is 0 Å². The predicted molar refractivity (Wildman–Crippen MR) is 76.3 cm³/mol. The molecule has 1 heterocycles. The first-order chi connectivity index (χ1) is 8.60. The molecule has 1 saturated heterocycles. The molecule has 6 heteroatoms. The maximum absolute atomic E-state index is 11.4. The van der Waals surface area contributed by atoms with Crippen molar-refractivity contribution < 1.29 is 14.3 Å². The van der Waals surface area contributed by atoms with Gasteiger partial charge in [0.1, 0.15) is 17.9 Å². The van der Waals surface area contributed by atoms with E-state index in [2.05, 4.69) is 10.1 Å². The van der Waals surface area contributed by atoms with Crippen molar-refractivity contribution in [3.8, 4) is 5.75 Å². The summed E-state index contributed by atoms with van der Waals surface area (Å²) in [5.74, 6) is 0.399. The zero-order valence-corrected chi connectivity index (χ0v) is 12.4. The number of hydrogen-bond donors (Lipinski definition) is 1. The Labute approximate surface area is 123 Å². The van der Waals surface area contributed by atoms with Crippen LogP contribution in [0.4, 0.5) is 0 Å². The number of esters is 1. The molecule has 1 aliphatic rings. The van der Waals surface area contributed by atoms with Gasteiger partial charge in [0.2, 0.25) is 0 Å². The number of nitrogens with one attached hydrogen (secondary N) is 1. The lowest BCUT2D eigenvalue weighted by Crippen LogP contribution is -2.31. The van der Waals surface area contributed by atoms with Crippen LogP contribution in [0.15, 0.2) is 18.2 Å². The van der Waals surface area contributed by atoms with Gasteiger partial charge in [-0.15, -0.1) is 12.4 Å². The van der Waals surface area contributed by atoms with E-state index in [1.54, 1.807) is 0 Å². The minimum absolute atomic E-state index is 0. The van der Waals surface area contributed by atoms with E-state index in [1.165, 1.54) is 7.11 Å². The van der Waals surface area contributed by atoms with E-state index in [0.29, 0.717) is 23.7 Å². The molecule has 1 fully saturated rings. The Morgan fingerprint density at radius 2 is 2.21 bits per heavy atom. The predicted octanol–water partition coefficient (Wildman–Crippen LogP) is 2.35. The minimum Gasteiger partial charge on any atom is -0.487 e. The molecule has 106 valence electrons. The first kappa shape index (κ1) is 16.1. The highest BCUT2D eigenvalue weighted by atomic mass is 35.5. The summed E-state index contributed by atoms with van der Waals surface area (Å²) in [6.07, 6.45) is 0.533. The molecule has 4 nitrogen and oxygen atoms in total. The molecule has 19 heavy (non-hydrogen) atoms. The third kappa shape index (κ3) is 4.00. The summed E-state index contributed by atoms with van der Waals surface area (Å²) >= 11 is 6.10. The number of rotatable bonds is 3. The lowest BCUT2D eigenvalue weighted by Gasteiger charge is -2.14. The fourth-order valence-corrected chi connectivity index (χ4v) is 2.28. The second-order valence-corrected chi connectivity index (χ2v) is 4.80. The number of benzene rings is 1. The van der Waals surface area contributed by atoms with Gasteiger partial charge in [-0.1, -0.05) is 17.7 Å². The van der Waals surface area contributed by atoms with Crippen molar-refractivity contribution in [2.24, 2.45) is 0 Å². The van der Waals surface area contributed by atoms with Crippen LogP contribution in [-0.4, -0.2) is 31.8 Å². The number of ether oxygens (including phenoxy) is 2. The van der Waals surface area contributed by atoms with Crippen LogP contribution < -0.4 is 10.1 Å². The maximum atomic E-state index is 11.4. The summed E-state index contributed by atoms with van der Waals surface area (Å²) in [5, 5.41) is 3.66. The molecular formula is C13H17Cl2NO3. The van der Waals surface area contributed by atoms with Crippen LogP contribution in [0.2, 0.25) is 5.02 Å². The maximum Gasteiger partial charge on any atom is 0.323 e. The summed E-state index contributed by atoms with van der Waals surface area (Å²) in [5.41, 5.74) is 1.09. The smallest absolute Gasteiger partial charge is 0.323 e. The molecule has 2 rings (SSSR count). The minimum atomic E-state index is -0.288. The van der Waals surface area contributed by atoms with Gasteiger partial charge in [-0.05, 0) is 24.6 Å². The Morgan fingerprint density at radius 1 is 1.47 bits per heavy atom. The largest absolute Gasteiger partial charge is 0.487 e. The molecular weight excluding hydrogens is 289 g/mol. The second kappa shape index (κ2) is 6.98. The van der Waals surface area contributed by atoms with Gasteiger partial charge in [0.25, 0.3) is 0 Å². The Bertz CT molecular complexity index is 454. The van der Waals surface area contributed by atoms with Crippen LogP contribution in [0.1, 0.15) is 12.0 Å². The van der Waals surface area contributed by atoms with Crippen LogP contribution in [0.5, 0.6) is 5.75 Å². The van der Waals surface area contributed by atoms with Gasteiger partial charge in [0.05, 0.1) is 12.1 Å². The van der Waals surface area contributed by atoms with Crippen LogP contribution in [0, 0.1) is 6.92 Å². The van der Waals surface area contributed by atoms with Gasteiger partial charge in [-0.2, -0.15) is 0 Å².